The Hall–Kier alpha value is 1.74. The molecule has 0 heterocycles. The molecule has 0 unspecified atom stereocenters. The van der Waals surface area contributed by atoms with E-state index in [4.69, 9.17) is 5.21 Å². The molecule has 0 saturated carbocycles. The van der Waals surface area contributed by atoms with Gasteiger partial charge in [0.25, 0.3) is 0 Å². The molecular formula is HNNa2O7S2. The molecule has 62 valence electrons. The van der Waals surface area contributed by atoms with Gasteiger partial charge in [-0.2, -0.15) is 0 Å². The molecular weight excluding hydrogens is 236 g/mol. The largest absolute Gasteiger partial charge is 1.00 e. The monoisotopic (exact) mass is 237 g/mol. The summed E-state index contributed by atoms with van der Waals surface area (Å²) in [4.78, 5) is 0. The van der Waals surface area contributed by atoms with Crippen LogP contribution in [0, 0.1) is 0 Å². The Morgan fingerprint density at radius 1 is 0.917 bits per heavy atom. The minimum absolute atomic E-state index is 0. The van der Waals surface area contributed by atoms with Crippen LogP contribution in [0.25, 0.3) is 0 Å². The summed E-state index contributed by atoms with van der Waals surface area (Å²) in [5, 5.41) is 7.75. The average Bonchev–Trinajstić information content (AvgIpc) is 1.59. The molecule has 0 aromatic rings. The van der Waals surface area contributed by atoms with E-state index in [-0.39, 0.29) is 59.1 Å². The van der Waals surface area contributed by atoms with Gasteiger partial charge in [0, 0.05) is 3.87 Å². The van der Waals surface area contributed by atoms with Gasteiger partial charge in [0.1, 0.15) is 0 Å². The predicted molar refractivity (Wildman–Crippen MR) is 23.0 cm³/mol. The molecule has 0 fully saturated rings. The number of nitrogens with zero attached hydrogens (tertiary/aromatic N) is 1. The van der Waals surface area contributed by atoms with Crippen molar-refractivity contribution in [3.05, 3.63) is 0 Å². The average molecular weight is 237 g/mol. The van der Waals surface area contributed by atoms with Crippen LogP contribution in [0.15, 0.2) is 0 Å². The maximum absolute atomic E-state index is 9.52. The van der Waals surface area contributed by atoms with E-state index >= 15 is 0 Å². The van der Waals surface area contributed by atoms with Crippen LogP contribution < -0.4 is 59.1 Å². The first kappa shape index (κ1) is 19.3. The molecule has 0 aliphatic heterocycles. The summed E-state index contributed by atoms with van der Waals surface area (Å²) in [6.45, 7) is 0. The van der Waals surface area contributed by atoms with Crippen LogP contribution >= 0.6 is 0 Å². The van der Waals surface area contributed by atoms with E-state index in [1.54, 1.807) is 0 Å². The van der Waals surface area contributed by atoms with Gasteiger partial charge in [-0.1, -0.05) is 0 Å². The summed E-state index contributed by atoms with van der Waals surface area (Å²) >= 11 is 0. The molecule has 12 heavy (non-hydrogen) atoms. The van der Waals surface area contributed by atoms with E-state index in [1.807, 2.05) is 0 Å². The van der Waals surface area contributed by atoms with Crippen molar-refractivity contribution in [2.75, 3.05) is 0 Å². The summed E-state index contributed by atoms with van der Waals surface area (Å²) in [5.74, 6) is 0. The zero-order chi connectivity index (χ0) is 8.58. The van der Waals surface area contributed by atoms with Crippen LogP contribution in [0.1, 0.15) is 0 Å². The maximum Gasteiger partial charge on any atom is 1.00 e. The van der Waals surface area contributed by atoms with Crippen molar-refractivity contribution in [3.63, 3.8) is 0 Å². The molecule has 0 aromatic heterocycles. The first-order chi connectivity index (χ1) is 4.15. The second-order valence-corrected chi connectivity index (χ2v) is 3.73. The van der Waals surface area contributed by atoms with E-state index in [0.29, 0.717) is 0 Å². The second kappa shape index (κ2) is 6.27. The molecule has 1 N–H and O–H groups in total. The number of hydrogen-bond acceptors (Lipinski definition) is 7. The van der Waals surface area contributed by atoms with E-state index in [1.165, 1.54) is 0 Å². The topological polar surface area (TPSA) is 138 Å². The Morgan fingerprint density at radius 3 is 1.08 bits per heavy atom. The SMILES string of the molecule is O=S(=O)([O-])N(O)S(=O)(=O)[O-].[Na+].[Na+]. The zero-order valence-corrected chi connectivity index (χ0v) is 11.8. The van der Waals surface area contributed by atoms with Gasteiger partial charge in [-0.05, 0) is 0 Å². The van der Waals surface area contributed by atoms with Gasteiger partial charge in [-0.3, -0.25) is 5.21 Å². The molecule has 12 heteroatoms. The van der Waals surface area contributed by atoms with Crippen LogP contribution in [0.2, 0.25) is 0 Å². The molecule has 0 bridgehead atoms. The van der Waals surface area contributed by atoms with Crippen molar-refractivity contribution in [1.29, 1.82) is 0 Å². The second-order valence-electron chi connectivity index (χ2n) is 1.09. The van der Waals surface area contributed by atoms with Gasteiger partial charge in [-0.15, -0.1) is 0 Å². The van der Waals surface area contributed by atoms with E-state index in [0.717, 1.165) is 0 Å². The van der Waals surface area contributed by atoms with Gasteiger partial charge in [0.2, 0.25) is 0 Å². The van der Waals surface area contributed by atoms with Crippen LogP contribution in [0.3, 0.4) is 0 Å². The normalized spacial score (nSPS) is 11.7. The van der Waals surface area contributed by atoms with Crippen molar-refractivity contribution in [1.82, 2.24) is 3.87 Å². The van der Waals surface area contributed by atoms with E-state index < -0.39 is 24.5 Å². The Morgan fingerprint density at radius 2 is 1.08 bits per heavy atom. The van der Waals surface area contributed by atoms with E-state index in [2.05, 4.69) is 0 Å². The van der Waals surface area contributed by atoms with Crippen LogP contribution in [-0.2, 0) is 20.6 Å². The van der Waals surface area contributed by atoms with Crippen molar-refractivity contribution in [3.8, 4) is 0 Å². The number of hydrogen-bond donors (Lipinski definition) is 1. The molecule has 0 saturated heterocycles. The van der Waals surface area contributed by atoms with E-state index in [9.17, 15) is 25.9 Å². The van der Waals surface area contributed by atoms with Crippen molar-refractivity contribution < 1.29 is 90.3 Å². The van der Waals surface area contributed by atoms with Gasteiger partial charge in [0.05, 0.1) is 0 Å². The Kier molecular flexibility index (Phi) is 10.1. The summed E-state index contributed by atoms with van der Waals surface area (Å²) in [7, 11) is -11.2. The molecule has 8 nitrogen and oxygen atoms in total. The predicted octanol–water partition coefficient (Wildman–Crippen LogP) is -8.39. The molecule has 0 amide bonds. The fraction of sp³-hybridized carbons (Fsp3) is 0. The Bertz CT molecular complexity index is 268. The molecule has 0 rings (SSSR count). The molecule has 0 aromatic carbocycles. The van der Waals surface area contributed by atoms with Crippen LogP contribution in [-0.4, -0.2) is 35.0 Å². The van der Waals surface area contributed by atoms with Gasteiger partial charge in [0.15, 0.2) is 20.6 Å². The fourth-order valence-corrected chi connectivity index (χ4v) is 1.01. The van der Waals surface area contributed by atoms with Crippen molar-refractivity contribution >= 4 is 20.6 Å². The third kappa shape index (κ3) is 7.17. The van der Waals surface area contributed by atoms with Gasteiger partial charge in [-0.25, -0.2) is 16.8 Å². The van der Waals surface area contributed by atoms with Crippen molar-refractivity contribution in [2.24, 2.45) is 0 Å². The maximum atomic E-state index is 9.52. The molecule has 0 spiro atoms. The summed E-state index contributed by atoms with van der Waals surface area (Å²) in [6.07, 6.45) is 0. The van der Waals surface area contributed by atoms with Gasteiger partial charge < -0.3 is 9.11 Å². The summed E-state index contributed by atoms with van der Waals surface area (Å²) in [6, 6.07) is 0. The third-order valence-electron chi connectivity index (χ3n) is 0.383. The van der Waals surface area contributed by atoms with Crippen molar-refractivity contribution in [2.45, 2.75) is 0 Å². The summed E-state index contributed by atoms with van der Waals surface area (Å²) < 4.78 is 55.3. The quantitative estimate of drug-likeness (QED) is 0.286. The molecule has 0 aliphatic rings. The summed E-state index contributed by atoms with van der Waals surface area (Å²) in [5.41, 5.74) is 0. The Labute approximate surface area is 113 Å². The van der Waals surface area contributed by atoms with Gasteiger partial charge >= 0.3 is 59.1 Å². The number of rotatable bonds is 2. The first-order valence-corrected chi connectivity index (χ1v) is 4.30. The van der Waals surface area contributed by atoms with Crippen LogP contribution in [0.4, 0.5) is 0 Å². The Balaban J connectivity index is -0.000000405. The standard InChI is InChI=1S/H3NO7S2.2Na/c2-1(9(3,4)5)10(6,7)8;;/h2H,(H,3,4,5)(H,6,7,8);;/q;2*+1/p-2. The fourth-order valence-electron chi connectivity index (χ4n) is 0.112. The smallest absolute Gasteiger partial charge is 0.733 e. The first-order valence-electron chi connectivity index (χ1n) is 1.57. The molecule has 0 atom stereocenters. The minimum Gasteiger partial charge on any atom is -0.733 e. The zero-order valence-electron chi connectivity index (χ0n) is 6.16. The van der Waals surface area contributed by atoms with Crippen LogP contribution in [0.5, 0.6) is 0 Å². The molecule has 0 radical (unpaired) electrons. The minimum atomic E-state index is -5.62. The molecule has 0 aliphatic carbocycles. The third-order valence-corrected chi connectivity index (χ3v) is 2.24.